The van der Waals surface area contributed by atoms with Crippen LogP contribution in [0.25, 0.3) is 0 Å². The first-order valence-electron chi connectivity index (χ1n) is 12.1. The third-order valence-electron chi connectivity index (χ3n) is 6.25. The average Bonchev–Trinajstić information content (AvgIpc) is 2.88. The first-order valence-corrected chi connectivity index (χ1v) is 13.6. The lowest BCUT2D eigenvalue weighted by molar-refractivity contribution is -0.139. The van der Waals surface area contributed by atoms with Crippen LogP contribution in [0.15, 0.2) is 59.5 Å². The van der Waals surface area contributed by atoms with Gasteiger partial charge in [-0.2, -0.15) is 4.31 Å². The van der Waals surface area contributed by atoms with Crippen molar-refractivity contribution in [1.29, 1.82) is 0 Å². The summed E-state index contributed by atoms with van der Waals surface area (Å²) in [4.78, 5) is 29.3. The summed E-state index contributed by atoms with van der Waals surface area (Å²) in [6.45, 7) is 2.80. The number of piperidine rings is 1. The number of methoxy groups -OCH3 is 1. The Balaban J connectivity index is 1.82. The van der Waals surface area contributed by atoms with Gasteiger partial charge >= 0.3 is 0 Å². The van der Waals surface area contributed by atoms with Crippen molar-refractivity contribution in [3.05, 3.63) is 66.0 Å². The molecule has 0 aliphatic carbocycles. The maximum Gasteiger partial charge on any atom is 0.248 e. The van der Waals surface area contributed by atoms with Crippen LogP contribution in [0.1, 0.15) is 31.7 Å². The summed E-state index contributed by atoms with van der Waals surface area (Å²) in [5.41, 5.74) is 0.620. The predicted octanol–water partition coefficient (Wildman–Crippen LogP) is 2.89. The lowest BCUT2D eigenvalue weighted by Crippen LogP contribution is -2.51. The highest BCUT2D eigenvalue weighted by atomic mass is 32.2. The van der Waals surface area contributed by atoms with Crippen molar-refractivity contribution in [3.63, 3.8) is 0 Å². The third kappa shape index (κ3) is 7.11. The highest BCUT2D eigenvalue weighted by Crippen LogP contribution is 2.22. The molecule has 0 radical (unpaired) electrons. The van der Waals surface area contributed by atoms with E-state index in [0.717, 1.165) is 0 Å². The highest BCUT2D eigenvalue weighted by Gasteiger charge is 2.33. The fourth-order valence-corrected chi connectivity index (χ4v) is 5.91. The molecule has 196 valence electrons. The van der Waals surface area contributed by atoms with E-state index < -0.39 is 15.8 Å². The van der Waals surface area contributed by atoms with Gasteiger partial charge in [0.2, 0.25) is 21.8 Å². The molecule has 0 bridgehead atoms. The zero-order valence-electron chi connectivity index (χ0n) is 20.8. The Morgan fingerprint density at radius 3 is 2.39 bits per heavy atom. The smallest absolute Gasteiger partial charge is 0.248 e. The molecule has 1 heterocycles. The van der Waals surface area contributed by atoms with Gasteiger partial charge in [-0.25, -0.2) is 12.8 Å². The van der Waals surface area contributed by atoms with Crippen molar-refractivity contribution in [3.8, 4) is 0 Å². The molecular formula is C26H34FN3O5S. The van der Waals surface area contributed by atoms with Gasteiger partial charge in [0.05, 0.1) is 11.4 Å². The lowest BCUT2D eigenvalue weighted by atomic mass is 10.0. The molecule has 0 atom stereocenters. The molecule has 1 fully saturated rings. The van der Waals surface area contributed by atoms with Gasteiger partial charge in [0.25, 0.3) is 0 Å². The minimum atomic E-state index is -3.87. The number of likely N-dealkylation sites (tertiary alicyclic amines) is 1. The maximum atomic E-state index is 13.9. The minimum absolute atomic E-state index is 0.0000725. The SMILES string of the molecule is CCCN(CC(=O)N(Cc1cccc(F)c1)C1CCN(C(=O)COC)CC1)S(=O)(=O)c1ccccc1. The van der Waals surface area contributed by atoms with Crippen molar-refractivity contribution < 1.29 is 27.1 Å². The Bertz CT molecular complexity index is 1120. The Kier molecular flexibility index (Phi) is 9.98. The second kappa shape index (κ2) is 12.9. The van der Waals surface area contributed by atoms with Crippen molar-refractivity contribution in [2.45, 2.75) is 43.7 Å². The molecule has 3 rings (SSSR count). The third-order valence-corrected chi connectivity index (χ3v) is 8.11. The van der Waals surface area contributed by atoms with Crippen LogP contribution in [-0.2, 0) is 30.9 Å². The molecule has 1 aliphatic heterocycles. The van der Waals surface area contributed by atoms with E-state index >= 15 is 0 Å². The number of carbonyl (C=O) groups is 2. The van der Waals surface area contributed by atoms with Gasteiger partial charge < -0.3 is 14.5 Å². The second-order valence-corrected chi connectivity index (χ2v) is 10.8. The largest absolute Gasteiger partial charge is 0.375 e. The number of rotatable bonds is 11. The summed E-state index contributed by atoms with van der Waals surface area (Å²) in [7, 11) is -2.40. The standard InChI is InChI=1S/C26H34FN3O5S/c1-3-14-29(36(33,34)24-10-5-4-6-11-24)19-25(31)30(18-21-8-7-9-22(27)17-21)23-12-15-28(16-13-23)26(32)20-35-2/h4-11,17,23H,3,12-16,18-20H2,1-2H3. The van der Waals surface area contributed by atoms with Gasteiger partial charge in [-0.1, -0.05) is 37.3 Å². The zero-order chi connectivity index (χ0) is 26.1. The Hall–Kier alpha value is -2.82. The van der Waals surface area contributed by atoms with Gasteiger partial charge in [-0.15, -0.1) is 0 Å². The molecule has 2 aromatic carbocycles. The van der Waals surface area contributed by atoms with Crippen LogP contribution in [0.2, 0.25) is 0 Å². The van der Waals surface area contributed by atoms with E-state index in [4.69, 9.17) is 4.74 Å². The topological polar surface area (TPSA) is 87.2 Å². The summed E-state index contributed by atoms with van der Waals surface area (Å²) in [6, 6.07) is 13.9. The van der Waals surface area contributed by atoms with Crippen LogP contribution in [0.5, 0.6) is 0 Å². The molecule has 36 heavy (non-hydrogen) atoms. The summed E-state index contributed by atoms with van der Waals surface area (Å²) < 4.78 is 46.6. The predicted molar refractivity (Wildman–Crippen MR) is 134 cm³/mol. The van der Waals surface area contributed by atoms with Crippen molar-refractivity contribution in [1.82, 2.24) is 14.1 Å². The van der Waals surface area contributed by atoms with E-state index in [-0.39, 0.29) is 49.0 Å². The van der Waals surface area contributed by atoms with E-state index in [2.05, 4.69) is 0 Å². The Morgan fingerprint density at radius 1 is 1.08 bits per heavy atom. The molecule has 1 saturated heterocycles. The molecular weight excluding hydrogens is 485 g/mol. The first-order chi connectivity index (χ1) is 17.3. The number of nitrogens with zero attached hydrogens (tertiary/aromatic N) is 3. The normalized spacial score (nSPS) is 14.7. The Morgan fingerprint density at radius 2 is 1.78 bits per heavy atom. The number of carbonyl (C=O) groups excluding carboxylic acids is 2. The fraction of sp³-hybridized carbons (Fsp3) is 0.462. The van der Waals surface area contributed by atoms with E-state index in [0.29, 0.717) is 37.9 Å². The van der Waals surface area contributed by atoms with Crippen LogP contribution in [0, 0.1) is 5.82 Å². The van der Waals surface area contributed by atoms with E-state index in [1.807, 2.05) is 6.92 Å². The number of halogens is 1. The molecule has 2 aromatic rings. The minimum Gasteiger partial charge on any atom is -0.375 e. The van der Waals surface area contributed by atoms with Crippen LogP contribution < -0.4 is 0 Å². The first kappa shape index (κ1) is 27.8. The number of hydrogen-bond donors (Lipinski definition) is 0. The molecule has 0 aromatic heterocycles. The number of hydrogen-bond acceptors (Lipinski definition) is 5. The van der Waals surface area contributed by atoms with Crippen LogP contribution >= 0.6 is 0 Å². The van der Waals surface area contributed by atoms with Gasteiger partial charge in [0.1, 0.15) is 12.4 Å². The molecule has 2 amide bonds. The van der Waals surface area contributed by atoms with E-state index in [1.54, 1.807) is 40.1 Å². The number of benzene rings is 2. The lowest BCUT2D eigenvalue weighted by Gasteiger charge is -2.39. The summed E-state index contributed by atoms with van der Waals surface area (Å²) >= 11 is 0. The molecule has 10 heteroatoms. The maximum absolute atomic E-state index is 13.9. The summed E-state index contributed by atoms with van der Waals surface area (Å²) in [5, 5.41) is 0. The van der Waals surface area contributed by atoms with Gasteiger partial charge in [-0.3, -0.25) is 9.59 Å². The second-order valence-electron chi connectivity index (χ2n) is 8.85. The molecule has 0 spiro atoms. The Labute approximate surface area is 212 Å². The average molecular weight is 520 g/mol. The number of sulfonamides is 1. The number of ether oxygens (including phenoxy) is 1. The van der Waals surface area contributed by atoms with Gasteiger partial charge in [-0.05, 0) is 49.1 Å². The summed E-state index contributed by atoms with van der Waals surface area (Å²) in [5.74, 6) is -0.866. The van der Waals surface area contributed by atoms with Crippen LogP contribution in [0.3, 0.4) is 0 Å². The summed E-state index contributed by atoms with van der Waals surface area (Å²) in [6.07, 6.45) is 1.62. The molecule has 1 aliphatic rings. The van der Waals surface area contributed by atoms with E-state index in [1.165, 1.54) is 35.7 Å². The monoisotopic (exact) mass is 519 g/mol. The quantitative estimate of drug-likeness (QED) is 0.456. The van der Waals surface area contributed by atoms with Crippen molar-refractivity contribution in [2.75, 3.05) is 39.9 Å². The molecule has 0 saturated carbocycles. The van der Waals surface area contributed by atoms with E-state index in [9.17, 15) is 22.4 Å². The zero-order valence-corrected chi connectivity index (χ0v) is 21.6. The molecule has 0 N–H and O–H groups in total. The number of amides is 2. The van der Waals surface area contributed by atoms with Crippen molar-refractivity contribution in [2.24, 2.45) is 0 Å². The van der Waals surface area contributed by atoms with Crippen LogP contribution in [0.4, 0.5) is 4.39 Å². The van der Waals surface area contributed by atoms with Crippen LogP contribution in [-0.4, -0.2) is 80.3 Å². The van der Waals surface area contributed by atoms with Gasteiger partial charge in [0.15, 0.2) is 0 Å². The van der Waals surface area contributed by atoms with Gasteiger partial charge in [0, 0.05) is 39.3 Å². The highest BCUT2D eigenvalue weighted by molar-refractivity contribution is 7.89. The fourth-order valence-electron chi connectivity index (χ4n) is 4.41. The van der Waals surface area contributed by atoms with Crippen molar-refractivity contribution >= 4 is 21.8 Å². The molecule has 8 nitrogen and oxygen atoms in total. The molecule has 0 unspecified atom stereocenters.